The van der Waals surface area contributed by atoms with Crippen molar-refractivity contribution >= 4 is 17.3 Å². The molecule has 1 atom stereocenters. The van der Waals surface area contributed by atoms with Crippen molar-refractivity contribution in [1.82, 2.24) is 4.98 Å². The molecule has 3 nitrogen and oxygen atoms in total. The third-order valence-corrected chi connectivity index (χ3v) is 3.31. The Morgan fingerprint density at radius 1 is 1.56 bits per heavy atom. The van der Waals surface area contributed by atoms with Crippen LogP contribution in [0.1, 0.15) is 19.8 Å². The molecule has 2 rings (SSSR count). The molecule has 0 N–H and O–H groups in total. The monoisotopic (exact) mass is 240 g/mol. The van der Waals surface area contributed by atoms with Gasteiger partial charge in [0.15, 0.2) is 0 Å². The molecule has 1 fully saturated rings. The molecule has 88 valence electrons. The van der Waals surface area contributed by atoms with Gasteiger partial charge in [-0.05, 0) is 18.8 Å². The van der Waals surface area contributed by atoms with Crippen molar-refractivity contribution in [3.05, 3.63) is 17.3 Å². The van der Waals surface area contributed by atoms with Crippen molar-refractivity contribution in [2.45, 2.75) is 19.8 Å². The average molecular weight is 241 g/mol. The molecule has 1 aromatic rings. The van der Waals surface area contributed by atoms with E-state index in [0.717, 1.165) is 24.7 Å². The minimum atomic E-state index is 0.623. The van der Waals surface area contributed by atoms with Crippen molar-refractivity contribution < 1.29 is 4.74 Å². The lowest BCUT2D eigenvalue weighted by Crippen LogP contribution is -2.34. The lowest BCUT2D eigenvalue weighted by Gasteiger charge is -2.33. The fourth-order valence-electron chi connectivity index (χ4n) is 2.17. The molecule has 1 aliphatic heterocycles. The maximum absolute atomic E-state index is 6.17. The summed E-state index contributed by atoms with van der Waals surface area (Å²) < 4.78 is 5.13. The van der Waals surface area contributed by atoms with Crippen molar-refractivity contribution in [2.24, 2.45) is 5.92 Å². The molecule has 0 radical (unpaired) electrons. The summed E-state index contributed by atoms with van der Waals surface area (Å²) in [7, 11) is 1.62. The third kappa shape index (κ3) is 2.40. The van der Waals surface area contributed by atoms with Gasteiger partial charge in [-0.1, -0.05) is 18.5 Å². The van der Waals surface area contributed by atoms with Crippen molar-refractivity contribution in [1.29, 1.82) is 0 Å². The van der Waals surface area contributed by atoms with Crippen LogP contribution in [0.3, 0.4) is 0 Å². The molecule has 0 unspecified atom stereocenters. The van der Waals surface area contributed by atoms with Gasteiger partial charge in [-0.2, -0.15) is 0 Å². The number of methoxy groups -OCH3 is 1. The molecule has 4 heteroatoms. The van der Waals surface area contributed by atoms with E-state index in [4.69, 9.17) is 16.3 Å². The van der Waals surface area contributed by atoms with Crippen LogP contribution in [0.2, 0.25) is 5.02 Å². The van der Waals surface area contributed by atoms with Crippen LogP contribution in [0.15, 0.2) is 12.3 Å². The first-order valence-corrected chi connectivity index (χ1v) is 6.03. The smallest absolute Gasteiger partial charge is 0.215 e. The van der Waals surface area contributed by atoms with Gasteiger partial charge in [-0.15, -0.1) is 0 Å². The maximum Gasteiger partial charge on any atom is 0.215 e. The van der Waals surface area contributed by atoms with E-state index in [9.17, 15) is 0 Å². The minimum absolute atomic E-state index is 0.623. The first-order chi connectivity index (χ1) is 7.70. The van der Waals surface area contributed by atoms with E-state index in [1.54, 1.807) is 13.3 Å². The third-order valence-electron chi connectivity index (χ3n) is 3.02. The zero-order valence-electron chi connectivity index (χ0n) is 9.74. The van der Waals surface area contributed by atoms with Crippen LogP contribution in [-0.2, 0) is 0 Å². The molecule has 0 saturated carbocycles. The lowest BCUT2D eigenvalue weighted by atomic mass is 10.00. The van der Waals surface area contributed by atoms with Gasteiger partial charge >= 0.3 is 0 Å². The number of nitrogens with zero attached hydrogens (tertiary/aromatic N) is 2. The highest BCUT2D eigenvalue weighted by atomic mass is 35.5. The normalized spacial score (nSPS) is 20.9. The molecular formula is C12H17ClN2O. The Kier molecular flexibility index (Phi) is 3.54. The van der Waals surface area contributed by atoms with E-state index in [1.165, 1.54) is 12.8 Å². The zero-order chi connectivity index (χ0) is 11.5. The SMILES string of the molecule is COc1cc(N2CCC[C@H](C)C2)c(Cl)cn1. The molecular weight excluding hydrogens is 224 g/mol. The average Bonchev–Trinajstić information content (AvgIpc) is 2.30. The van der Waals surface area contributed by atoms with E-state index >= 15 is 0 Å². The Hall–Kier alpha value is -0.960. The van der Waals surface area contributed by atoms with Crippen LogP contribution in [0.25, 0.3) is 0 Å². The standard InChI is InChI=1S/C12H17ClN2O/c1-9-4-3-5-15(8-9)11-6-12(16-2)14-7-10(11)13/h6-7,9H,3-5,8H2,1-2H3/t9-/m0/s1. The fraction of sp³-hybridized carbons (Fsp3) is 0.583. The highest BCUT2D eigenvalue weighted by molar-refractivity contribution is 6.33. The molecule has 0 aromatic carbocycles. The number of ether oxygens (including phenoxy) is 1. The Morgan fingerprint density at radius 2 is 2.38 bits per heavy atom. The van der Waals surface area contributed by atoms with Gasteiger partial charge < -0.3 is 9.64 Å². The van der Waals surface area contributed by atoms with Gasteiger partial charge in [0.25, 0.3) is 0 Å². The van der Waals surface area contributed by atoms with Crippen LogP contribution in [0, 0.1) is 5.92 Å². The Morgan fingerprint density at radius 3 is 3.06 bits per heavy atom. The predicted molar refractivity (Wildman–Crippen MR) is 66.4 cm³/mol. The van der Waals surface area contributed by atoms with Crippen LogP contribution < -0.4 is 9.64 Å². The van der Waals surface area contributed by atoms with E-state index in [1.807, 2.05) is 6.07 Å². The van der Waals surface area contributed by atoms with E-state index in [2.05, 4.69) is 16.8 Å². The molecule has 0 spiro atoms. The number of hydrogen-bond donors (Lipinski definition) is 0. The summed E-state index contributed by atoms with van der Waals surface area (Å²) in [5.74, 6) is 1.35. The molecule has 2 heterocycles. The van der Waals surface area contributed by atoms with Gasteiger partial charge in [0.05, 0.1) is 24.0 Å². The van der Waals surface area contributed by atoms with E-state index < -0.39 is 0 Å². The Labute approximate surface area is 101 Å². The van der Waals surface area contributed by atoms with Crippen LogP contribution in [-0.4, -0.2) is 25.2 Å². The zero-order valence-corrected chi connectivity index (χ0v) is 10.5. The minimum Gasteiger partial charge on any atom is -0.481 e. The summed E-state index contributed by atoms with van der Waals surface area (Å²) >= 11 is 6.17. The summed E-state index contributed by atoms with van der Waals surface area (Å²) in [6.45, 7) is 4.41. The molecule has 0 aliphatic carbocycles. The second kappa shape index (κ2) is 4.91. The Bertz CT molecular complexity index is 370. The van der Waals surface area contributed by atoms with Crippen molar-refractivity contribution in [3.8, 4) is 5.88 Å². The highest BCUT2D eigenvalue weighted by Gasteiger charge is 2.19. The highest BCUT2D eigenvalue weighted by Crippen LogP contribution is 2.31. The second-order valence-corrected chi connectivity index (χ2v) is 4.78. The Balaban J connectivity index is 2.24. The van der Waals surface area contributed by atoms with Crippen LogP contribution in [0.4, 0.5) is 5.69 Å². The number of hydrogen-bond acceptors (Lipinski definition) is 3. The molecule has 0 bridgehead atoms. The van der Waals surface area contributed by atoms with Crippen LogP contribution >= 0.6 is 11.6 Å². The first-order valence-electron chi connectivity index (χ1n) is 5.65. The first kappa shape index (κ1) is 11.5. The number of pyridine rings is 1. The number of halogens is 1. The summed E-state index contributed by atoms with van der Waals surface area (Å²) in [6, 6.07) is 1.92. The largest absolute Gasteiger partial charge is 0.481 e. The lowest BCUT2D eigenvalue weighted by molar-refractivity contribution is 0.397. The van der Waals surface area contributed by atoms with E-state index in [-0.39, 0.29) is 0 Å². The van der Waals surface area contributed by atoms with Gasteiger partial charge in [0.1, 0.15) is 0 Å². The molecule has 1 aliphatic rings. The van der Waals surface area contributed by atoms with Gasteiger partial charge in [-0.25, -0.2) is 4.98 Å². The number of piperidine rings is 1. The quantitative estimate of drug-likeness (QED) is 0.795. The van der Waals surface area contributed by atoms with Crippen LogP contribution in [0.5, 0.6) is 5.88 Å². The number of aromatic nitrogens is 1. The summed E-state index contributed by atoms with van der Waals surface area (Å²) in [5, 5.41) is 0.704. The van der Waals surface area contributed by atoms with Gasteiger partial charge in [0.2, 0.25) is 5.88 Å². The van der Waals surface area contributed by atoms with E-state index in [0.29, 0.717) is 10.9 Å². The van der Waals surface area contributed by atoms with Gasteiger partial charge in [0, 0.05) is 19.2 Å². The molecule has 0 amide bonds. The molecule has 1 saturated heterocycles. The summed E-state index contributed by atoms with van der Waals surface area (Å²) in [5.41, 5.74) is 1.04. The summed E-state index contributed by atoms with van der Waals surface area (Å²) in [4.78, 5) is 6.41. The topological polar surface area (TPSA) is 25.4 Å². The molecule has 1 aromatic heterocycles. The number of anilines is 1. The van der Waals surface area contributed by atoms with Crippen molar-refractivity contribution in [2.75, 3.05) is 25.1 Å². The maximum atomic E-state index is 6.17. The predicted octanol–water partition coefficient (Wildman–Crippen LogP) is 2.98. The molecule has 16 heavy (non-hydrogen) atoms. The fourth-order valence-corrected chi connectivity index (χ4v) is 2.39. The second-order valence-electron chi connectivity index (χ2n) is 4.37. The number of rotatable bonds is 2. The van der Waals surface area contributed by atoms with Gasteiger partial charge in [-0.3, -0.25) is 0 Å². The summed E-state index contributed by atoms with van der Waals surface area (Å²) in [6.07, 6.45) is 4.19. The van der Waals surface area contributed by atoms with Crippen molar-refractivity contribution in [3.63, 3.8) is 0 Å².